The second-order valence-corrected chi connectivity index (χ2v) is 8.73. The number of hydrogen-bond acceptors (Lipinski definition) is 3. The van der Waals surface area contributed by atoms with Gasteiger partial charge in [0.1, 0.15) is 4.83 Å². The van der Waals surface area contributed by atoms with Crippen molar-refractivity contribution in [2.45, 2.75) is 26.8 Å². The summed E-state index contributed by atoms with van der Waals surface area (Å²) < 4.78 is 1.85. The largest absolute Gasteiger partial charge is 0.352 e. The molecule has 0 saturated carbocycles. The first-order valence-electron chi connectivity index (χ1n) is 9.81. The fourth-order valence-corrected chi connectivity index (χ4v) is 5.58. The van der Waals surface area contributed by atoms with Crippen molar-refractivity contribution >= 4 is 32.5 Å². The van der Waals surface area contributed by atoms with Crippen molar-refractivity contribution in [3.8, 4) is 22.6 Å². The van der Waals surface area contributed by atoms with E-state index in [1.54, 1.807) is 11.3 Å². The Labute approximate surface area is 171 Å². The van der Waals surface area contributed by atoms with E-state index in [2.05, 4.69) is 60.6 Å². The Balaban J connectivity index is 1.63. The minimum atomic E-state index is 0.0599. The predicted molar refractivity (Wildman–Crippen MR) is 120 cm³/mol. The van der Waals surface area contributed by atoms with Crippen molar-refractivity contribution in [3.05, 3.63) is 74.9 Å². The van der Waals surface area contributed by atoms with Crippen LogP contribution >= 0.6 is 11.3 Å². The molecule has 29 heavy (non-hydrogen) atoms. The third-order valence-corrected chi connectivity index (χ3v) is 6.72. The van der Waals surface area contributed by atoms with Gasteiger partial charge in [0.15, 0.2) is 5.82 Å². The average Bonchev–Trinajstić information content (AvgIpc) is 3.29. The molecule has 0 atom stereocenters. The molecule has 1 aliphatic heterocycles. The fourth-order valence-electron chi connectivity index (χ4n) is 4.64. The van der Waals surface area contributed by atoms with Crippen LogP contribution in [0.5, 0.6) is 0 Å². The maximum absolute atomic E-state index is 13.5. The number of H-pyrrole nitrogens is 1. The Morgan fingerprint density at radius 3 is 2.72 bits per heavy atom. The smallest absolute Gasteiger partial charge is 0.263 e. The van der Waals surface area contributed by atoms with Gasteiger partial charge in [-0.25, -0.2) is 4.98 Å². The molecule has 0 unspecified atom stereocenters. The number of aromatic nitrogens is 3. The molecule has 142 valence electrons. The van der Waals surface area contributed by atoms with E-state index in [0.29, 0.717) is 6.54 Å². The summed E-state index contributed by atoms with van der Waals surface area (Å²) in [5, 5.41) is 4.04. The van der Waals surface area contributed by atoms with E-state index in [0.717, 1.165) is 44.8 Å². The van der Waals surface area contributed by atoms with Crippen LogP contribution in [-0.4, -0.2) is 14.5 Å². The van der Waals surface area contributed by atoms with Gasteiger partial charge in [-0.3, -0.25) is 9.36 Å². The van der Waals surface area contributed by atoms with Crippen molar-refractivity contribution in [2.75, 3.05) is 0 Å². The van der Waals surface area contributed by atoms with Crippen LogP contribution in [0.4, 0.5) is 0 Å². The zero-order chi connectivity index (χ0) is 19.7. The molecule has 6 rings (SSSR count). The number of thiophene rings is 1. The normalized spacial score (nSPS) is 13.0. The molecular weight excluding hydrogens is 378 g/mol. The van der Waals surface area contributed by atoms with Gasteiger partial charge in [0, 0.05) is 28.4 Å². The van der Waals surface area contributed by atoms with Crippen LogP contribution in [0.1, 0.15) is 16.7 Å². The average molecular weight is 398 g/mol. The summed E-state index contributed by atoms with van der Waals surface area (Å²) in [6.07, 6.45) is 0.836. The Kier molecular flexibility index (Phi) is 3.41. The molecule has 2 aromatic carbocycles. The van der Waals surface area contributed by atoms with Gasteiger partial charge >= 0.3 is 0 Å². The molecule has 3 aromatic heterocycles. The molecule has 0 amide bonds. The van der Waals surface area contributed by atoms with Crippen LogP contribution in [-0.2, 0) is 13.0 Å². The second kappa shape index (κ2) is 5.91. The third-order valence-electron chi connectivity index (χ3n) is 5.85. The van der Waals surface area contributed by atoms with Gasteiger partial charge in [-0.2, -0.15) is 0 Å². The number of aryl methyl sites for hydroxylation is 3. The summed E-state index contributed by atoms with van der Waals surface area (Å²) >= 11 is 1.55. The first-order chi connectivity index (χ1) is 14.1. The minimum absolute atomic E-state index is 0.0599. The van der Waals surface area contributed by atoms with E-state index in [-0.39, 0.29) is 5.56 Å². The molecule has 0 spiro atoms. The number of nitrogens with zero attached hydrogens (tertiary/aromatic N) is 2. The highest BCUT2D eigenvalue weighted by atomic mass is 32.1. The van der Waals surface area contributed by atoms with Crippen LogP contribution in [0, 0.1) is 13.8 Å². The van der Waals surface area contributed by atoms with E-state index in [1.165, 1.54) is 22.1 Å². The first-order valence-corrected chi connectivity index (χ1v) is 10.7. The maximum atomic E-state index is 13.5. The highest BCUT2D eigenvalue weighted by Crippen LogP contribution is 2.37. The SMILES string of the molecule is Cc1cc(C)cc(-c2csc3nc4n(c(=O)c23)CCc2c-4[nH]c3ccccc23)c1. The van der Waals surface area contributed by atoms with Gasteiger partial charge in [0.2, 0.25) is 0 Å². The highest BCUT2D eigenvalue weighted by Gasteiger charge is 2.25. The van der Waals surface area contributed by atoms with Crippen molar-refractivity contribution < 1.29 is 0 Å². The number of aromatic amines is 1. The van der Waals surface area contributed by atoms with Gasteiger partial charge in [-0.1, -0.05) is 47.5 Å². The molecule has 0 radical (unpaired) electrons. The molecule has 0 bridgehead atoms. The lowest BCUT2D eigenvalue weighted by Crippen LogP contribution is -2.27. The van der Waals surface area contributed by atoms with E-state index >= 15 is 0 Å². The number of hydrogen-bond donors (Lipinski definition) is 1. The summed E-state index contributed by atoms with van der Waals surface area (Å²) in [6.45, 7) is 4.85. The van der Waals surface area contributed by atoms with Crippen molar-refractivity contribution in [3.63, 3.8) is 0 Å². The fraction of sp³-hybridized carbons (Fsp3) is 0.167. The quantitative estimate of drug-likeness (QED) is 0.409. The van der Waals surface area contributed by atoms with E-state index in [1.807, 2.05) is 10.6 Å². The number of para-hydroxylation sites is 1. The molecule has 4 heterocycles. The van der Waals surface area contributed by atoms with E-state index < -0.39 is 0 Å². The molecule has 4 nitrogen and oxygen atoms in total. The van der Waals surface area contributed by atoms with Crippen LogP contribution in [0.15, 0.2) is 52.6 Å². The number of fused-ring (bicyclic) bond motifs is 6. The summed E-state index contributed by atoms with van der Waals surface area (Å²) in [6, 6.07) is 14.8. The maximum Gasteiger partial charge on any atom is 0.263 e. The molecule has 1 aliphatic rings. The van der Waals surface area contributed by atoms with Crippen molar-refractivity contribution in [1.29, 1.82) is 0 Å². The second-order valence-electron chi connectivity index (χ2n) is 7.87. The highest BCUT2D eigenvalue weighted by molar-refractivity contribution is 7.17. The molecular formula is C24H19N3OS. The van der Waals surface area contributed by atoms with Crippen molar-refractivity contribution in [1.82, 2.24) is 14.5 Å². The van der Waals surface area contributed by atoms with Crippen LogP contribution in [0.2, 0.25) is 0 Å². The lowest BCUT2D eigenvalue weighted by Gasteiger charge is -2.18. The Bertz CT molecular complexity index is 1480. The lowest BCUT2D eigenvalue weighted by molar-refractivity contribution is 0.653. The number of rotatable bonds is 1. The zero-order valence-corrected chi connectivity index (χ0v) is 17.1. The predicted octanol–water partition coefficient (Wildman–Crippen LogP) is 5.45. The van der Waals surface area contributed by atoms with Gasteiger partial charge in [-0.15, -0.1) is 11.3 Å². The summed E-state index contributed by atoms with van der Waals surface area (Å²) in [4.78, 5) is 22.8. The van der Waals surface area contributed by atoms with Gasteiger partial charge in [0.25, 0.3) is 5.56 Å². The van der Waals surface area contributed by atoms with Gasteiger partial charge < -0.3 is 4.98 Å². The summed E-state index contributed by atoms with van der Waals surface area (Å²) in [7, 11) is 0. The molecule has 0 aliphatic carbocycles. The van der Waals surface area contributed by atoms with E-state index in [4.69, 9.17) is 4.98 Å². The number of benzene rings is 2. The van der Waals surface area contributed by atoms with Crippen LogP contribution < -0.4 is 5.56 Å². The van der Waals surface area contributed by atoms with E-state index in [9.17, 15) is 4.79 Å². The van der Waals surface area contributed by atoms with Crippen LogP contribution in [0.25, 0.3) is 43.8 Å². The molecule has 5 aromatic rings. The molecule has 1 N–H and O–H groups in total. The Morgan fingerprint density at radius 2 is 1.90 bits per heavy atom. The lowest BCUT2D eigenvalue weighted by atomic mass is 10.0. The van der Waals surface area contributed by atoms with Crippen LogP contribution in [0.3, 0.4) is 0 Å². The minimum Gasteiger partial charge on any atom is -0.352 e. The topological polar surface area (TPSA) is 50.7 Å². The Hall–Kier alpha value is -3.18. The van der Waals surface area contributed by atoms with Gasteiger partial charge in [-0.05, 0) is 37.5 Å². The zero-order valence-electron chi connectivity index (χ0n) is 16.2. The monoisotopic (exact) mass is 397 g/mol. The first kappa shape index (κ1) is 16.7. The standard InChI is InChI=1S/C24H19N3OS/c1-13-9-14(2)11-15(10-13)18-12-29-23-20(18)24(28)27-8-7-17-16-5-3-4-6-19(16)25-21(17)22(27)26-23/h3-6,9-12,25H,7-8H2,1-2H3. The third kappa shape index (κ3) is 2.37. The molecule has 5 heteroatoms. The summed E-state index contributed by atoms with van der Waals surface area (Å²) in [5.74, 6) is 0.758. The molecule has 0 fully saturated rings. The van der Waals surface area contributed by atoms with Gasteiger partial charge in [0.05, 0.1) is 11.1 Å². The van der Waals surface area contributed by atoms with Crippen molar-refractivity contribution in [2.24, 2.45) is 0 Å². The Morgan fingerprint density at radius 1 is 1.10 bits per heavy atom. The molecule has 0 saturated heterocycles. The summed E-state index contributed by atoms with van der Waals surface area (Å²) in [5.41, 5.74) is 7.89. The number of nitrogens with one attached hydrogen (secondary N) is 1.